The molecule has 8 heteroatoms. The zero-order valence-corrected chi connectivity index (χ0v) is 13.8. The number of rotatable bonds is 2. The fourth-order valence-electron chi connectivity index (χ4n) is 3.74. The number of halogens is 3. The van der Waals surface area contributed by atoms with E-state index < -0.39 is 29.6 Å². The van der Waals surface area contributed by atoms with Gasteiger partial charge in [-0.25, -0.2) is 13.2 Å². The van der Waals surface area contributed by atoms with E-state index in [-0.39, 0.29) is 11.6 Å². The van der Waals surface area contributed by atoms with E-state index in [2.05, 4.69) is 10.00 Å². The fraction of sp³-hybridized carbons (Fsp3) is 0.471. The van der Waals surface area contributed by atoms with Crippen LogP contribution >= 0.6 is 0 Å². The van der Waals surface area contributed by atoms with Crippen LogP contribution in [0.1, 0.15) is 29.3 Å². The second-order valence-corrected chi connectivity index (χ2v) is 6.74. The number of nitrogens with zero attached hydrogens (tertiary/aromatic N) is 3. The first-order chi connectivity index (χ1) is 11.9. The number of aromatic nitrogens is 2. The Hall–Kier alpha value is -1.90. The summed E-state index contributed by atoms with van der Waals surface area (Å²) in [5.41, 5.74) is 8.51. The van der Waals surface area contributed by atoms with Crippen LogP contribution in [0.25, 0.3) is 0 Å². The van der Waals surface area contributed by atoms with E-state index >= 15 is 0 Å². The molecule has 0 spiro atoms. The third-order valence-electron chi connectivity index (χ3n) is 5.14. The lowest BCUT2D eigenvalue weighted by atomic mass is 9.93. The highest BCUT2D eigenvalue weighted by Crippen LogP contribution is 2.34. The summed E-state index contributed by atoms with van der Waals surface area (Å²) in [6.45, 7) is 1.89. The number of hydrogen-bond donors (Lipinski definition) is 1. The first kappa shape index (κ1) is 16.6. The quantitative estimate of drug-likeness (QED) is 0.840. The van der Waals surface area contributed by atoms with E-state index in [1.54, 1.807) is 0 Å². The predicted octanol–water partition coefficient (Wildman–Crippen LogP) is 2.01. The van der Waals surface area contributed by atoms with Crippen molar-refractivity contribution < 1.29 is 17.9 Å². The van der Waals surface area contributed by atoms with Gasteiger partial charge in [0, 0.05) is 49.4 Å². The Balaban J connectivity index is 1.47. The van der Waals surface area contributed by atoms with Gasteiger partial charge in [0.15, 0.2) is 11.6 Å². The van der Waals surface area contributed by atoms with Crippen molar-refractivity contribution in [2.24, 2.45) is 12.8 Å². The smallest absolute Gasteiger partial charge is 0.161 e. The molecule has 2 aliphatic heterocycles. The molecule has 0 amide bonds. The molecule has 1 saturated heterocycles. The van der Waals surface area contributed by atoms with Gasteiger partial charge < -0.3 is 10.5 Å². The highest BCUT2D eigenvalue weighted by atomic mass is 19.2. The van der Waals surface area contributed by atoms with Gasteiger partial charge in [-0.1, -0.05) is 0 Å². The van der Waals surface area contributed by atoms with E-state index in [4.69, 9.17) is 10.5 Å². The third-order valence-corrected chi connectivity index (χ3v) is 5.14. The zero-order chi connectivity index (χ0) is 17.7. The molecular formula is C17H19F3N4O. The summed E-state index contributed by atoms with van der Waals surface area (Å²) in [5, 5.41) is 4.24. The van der Waals surface area contributed by atoms with E-state index in [1.807, 2.05) is 17.9 Å². The van der Waals surface area contributed by atoms with Crippen LogP contribution in [0.5, 0.6) is 0 Å². The van der Waals surface area contributed by atoms with E-state index in [1.165, 1.54) is 11.3 Å². The first-order valence-electron chi connectivity index (χ1n) is 8.19. The Bertz CT molecular complexity index is 809. The lowest BCUT2D eigenvalue weighted by Gasteiger charge is -2.38. The Labute approximate surface area is 143 Å². The highest BCUT2D eigenvalue weighted by molar-refractivity contribution is 5.25. The number of aryl methyl sites for hydroxylation is 1. The maximum atomic E-state index is 14.0. The van der Waals surface area contributed by atoms with Crippen LogP contribution in [0, 0.1) is 17.5 Å². The summed E-state index contributed by atoms with van der Waals surface area (Å²) in [5.74, 6) is -3.15. The molecular weight excluding hydrogens is 333 g/mol. The minimum atomic E-state index is -1.22. The largest absolute Gasteiger partial charge is 0.370 e. The number of ether oxygens (including phenoxy) is 1. The maximum Gasteiger partial charge on any atom is 0.161 e. The summed E-state index contributed by atoms with van der Waals surface area (Å²) < 4.78 is 48.2. The normalized spacial score (nSPS) is 26.8. The van der Waals surface area contributed by atoms with E-state index in [9.17, 15) is 13.2 Å². The van der Waals surface area contributed by atoms with E-state index in [0.29, 0.717) is 19.1 Å². The van der Waals surface area contributed by atoms with Gasteiger partial charge in [0.1, 0.15) is 11.9 Å². The average molecular weight is 352 g/mol. The van der Waals surface area contributed by atoms with Crippen LogP contribution < -0.4 is 5.73 Å². The molecule has 1 aromatic carbocycles. The minimum Gasteiger partial charge on any atom is -0.370 e. The molecule has 0 radical (unpaired) electrons. The minimum absolute atomic E-state index is 0.0289. The summed E-state index contributed by atoms with van der Waals surface area (Å²) in [6.07, 6.45) is 1.67. The van der Waals surface area contributed by atoms with Gasteiger partial charge in [-0.2, -0.15) is 5.10 Å². The zero-order valence-electron chi connectivity index (χ0n) is 13.8. The highest BCUT2D eigenvalue weighted by Gasteiger charge is 2.37. The standard InChI is InChI=1S/C17H19F3N4O/c1-23-16-7-24(6-9(16)5-22-23)10-2-15(21)17(25-8-10)11-3-13(19)14(20)4-12(11)18/h3-5,10,15,17H,2,6-8,21H2,1H3/t10?,15-,17+/m0/s1. The molecule has 2 N–H and O–H groups in total. The van der Waals surface area contributed by atoms with Gasteiger partial charge in [0.25, 0.3) is 0 Å². The van der Waals surface area contributed by atoms with Crippen molar-refractivity contribution in [1.82, 2.24) is 14.7 Å². The molecule has 2 aliphatic rings. The van der Waals surface area contributed by atoms with Crippen molar-refractivity contribution >= 4 is 0 Å². The molecule has 3 heterocycles. The summed E-state index contributed by atoms with van der Waals surface area (Å²) in [4.78, 5) is 2.25. The van der Waals surface area contributed by atoms with Crippen molar-refractivity contribution in [3.8, 4) is 0 Å². The van der Waals surface area contributed by atoms with Crippen LogP contribution in [-0.4, -0.2) is 33.4 Å². The monoisotopic (exact) mass is 352 g/mol. The van der Waals surface area contributed by atoms with Gasteiger partial charge in [-0.05, 0) is 12.5 Å². The van der Waals surface area contributed by atoms with Gasteiger partial charge >= 0.3 is 0 Å². The van der Waals surface area contributed by atoms with Gasteiger partial charge in [0.05, 0.1) is 18.5 Å². The number of benzene rings is 1. The molecule has 0 bridgehead atoms. The van der Waals surface area contributed by atoms with Crippen molar-refractivity contribution in [3.63, 3.8) is 0 Å². The Morgan fingerprint density at radius 3 is 2.64 bits per heavy atom. The molecule has 1 aromatic heterocycles. The molecule has 25 heavy (non-hydrogen) atoms. The van der Waals surface area contributed by atoms with Gasteiger partial charge in [-0.3, -0.25) is 9.58 Å². The van der Waals surface area contributed by atoms with Crippen molar-refractivity contribution in [3.05, 3.63) is 52.6 Å². The van der Waals surface area contributed by atoms with Gasteiger partial charge in [-0.15, -0.1) is 0 Å². The SMILES string of the molecule is Cn1ncc2c1CN(C1CO[C@H](c3cc(F)c(F)cc3F)[C@@H](N)C1)C2. The molecule has 1 fully saturated rings. The Morgan fingerprint density at radius 1 is 1.16 bits per heavy atom. The Morgan fingerprint density at radius 2 is 1.92 bits per heavy atom. The van der Waals surface area contributed by atoms with Crippen molar-refractivity contribution in [2.45, 2.75) is 37.7 Å². The van der Waals surface area contributed by atoms with E-state index in [0.717, 1.165) is 19.2 Å². The van der Waals surface area contributed by atoms with Crippen LogP contribution in [-0.2, 0) is 24.9 Å². The third kappa shape index (κ3) is 2.84. The van der Waals surface area contributed by atoms with Crippen LogP contribution in [0.4, 0.5) is 13.2 Å². The first-order valence-corrected chi connectivity index (χ1v) is 8.19. The molecule has 134 valence electrons. The molecule has 3 atom stereocenters. The Kier molecular flexibility index (Phi) is 4.05. The second-order valence-electron chi connectivity index (χ2n) is 6.74. The number of nitrogens with two attached hydrogens (primary N) is 1. The summed E-state index contributed by atoms with van der Waals surface area (Å²) >= 11 is 0. The predicted molar refractivity (Wildman–Crippen MR) is 83.8 cm³/mol. The number of fused-ring (bicyclic) bond motifs is 1. The van der Waals surface area contributed by atoms with Crippen LogP contribution in [0.15, 0.2) is 18.3 Å². The summed E-state index contributed by atoms with van der Waals surface area (Å²) in [6, 6.07) is 0.969. The molecule has 1 unspecified atom stereocenters. The fourth-order valence-corrected chi connectivity index (χ4v) is 3.74. The van der Waals surface area contributed by atoms with Crippen LogP contribution in [0.3, 0.4) is 0 Å². The number of hydrogen-bond acceptors (Lipinski definition) is 4. The topological polar surface area (TPSA) is 56.3 Å². The average Bonchev–Trinajstić information content (AvgIpc) is 3.14. The molecule has 5 nitrogen and oxygen atoms in total. The summed E-state index contributed by atoms with van der Waals surface area (Å²) in [7, 11) is 1.91. The molecule has 2 aromatic rings. The van der Waals surface area contributed by atoms with Gasteiger partial charge in [0.2, 0.25) is 0 Å². The lowest BCUT2D eigenvalue weighted by molar-refractivity contribution is -0.0534. The van der Waals surface area contributed by atoms with Crippen LogP contribution in [0.2, 0.25) is 0 Å². The molecule has 0 saturated carbocycles. The molecule has 0 aliphatic carbocycles. The van der Waals surface area contributed by atoms with Crippen molar-refractivity contribution in [1.29, 1.82) is 0 Å². The lowest BCUT2D eigenvalue weighted by Crippen LogP contribution is -2.47. The van der Waals surface area contributed by atoms with Crippen molar-refractivity contribution in [2.75, 3.05) is 6.61 Å². The molecule has 4 rings (SSSR count). The maximum absolute atomic E-state index is 14.0. The second kappa shape index (κ2) is 6.12.